The van der Waals surface area contributed by atoms with E-state index in [1.807, 2.05) is 0 Å². The van der Waals surface area contributed by atoms with E-state index in [0.29, 0.717) is 5.56 Å². The van der Waals surface area contributed by atoms with E-state index in [2.05, 4.69) is 0 Å². The number of benzene rings is 2. The van der Waals surface area contributed by atoms with Gasteiger partial charge >= 0.3 is 0 Å². The van der Waals surface area contributed by atoms with Crippen molar-refractivity contribution in [2.45, 2.75) is 19.6 Å². The van der Waals surface area contributed by atoms with Crippen LogP contribution in [-0.2, 0) is 6.61 Å². The Morgan fingerprint density at radius 3 is 2.50 bits per heavy atom. The molecule has 0 radical (unpaired) electrons. The van der Waals surface area contributed by atoms with Gasteiger partial charge in [0.25, 0.3) is 0 Å². The van der Waals surface area contributed by atoms with Gasteiger partial charge in [0.1, 0.15) is 6.61 Å². The topological polar surface area (TPSA) is 29.5 Å². The lowest BCUT2D eigenvalue weighted by Gasteiger charge is -2.10. The van der Waals surface area contributed by atoms with E-state index < -0.39 is 23.6 Å². The summed E-state index contributed by atoms with van der Waals surface area (Å²) >= 11 is 0. The number of aliphatic hydroxyl groups excluding tert-OH is 1. The lowest BCUT2D eigenvalue weighted by atomic mass is 10.1. The molecule has 0 fully saturated rings. The van der Waals surface area contributed by atoms with Crippen LogP contribution in [0.2, 0.25) is 0 Å². The normalized spacial score (nSPS) is 12.2. The van der Waals surface area contributed by atoms with Crippen molar-refractivity contribution in [1.29, 1.82) is 0 Å². The molecule has 0 heterocycles. The molecule has 0 saturated heterocycles. The molecular weight excluding hydrogens is 269 g/mol. The molecule has 2 aromatic rings. The van der Waals surface area contributed by atoms with E-state index in [4.69, 9.17) is 4.74 Å². The summed E-state index contributed by atoms with van der Waals surface area (Å²) in [6.07, 6.45) is -0.792. The second-order valence-corrected chi connectivity index (χ2v) is 4.37. The van der Waals surface area contributed by atoms with E-state index in [1.54, 1.807) is 0 Å². The number of hydrogen-bond acceptors (Lipinski definition) is 2. The minimum absolute atomic E-state index is 0.00371. The van der Waals surface area contributed by atoms with Crippen LogP contribution in [0.4, 0.5) is 13.2 Å². The lowest BCUT2D eigenvalue weighted by Crippen LogP contribution is -2.02. The molecule has 1 N–H and O–H groups in total. The predicted molar refractivity (Wildman–Crippen MR) is 67.7 cm³/mol. The zero-order valence-electron chi connectivity index (χ0n) is 10.7. The molecule has 0 aromatic heterocycles. The number of ether oxygens (including phenoxy) is 1. The molecule has 0 amide bonds. The molecule has 106 valence electrons. The molecule has 0 aliphatic rings. The summed E-state index contributed by atoms with van der Waals surface area (Å²) in [5.74, 6) is -2.73. The fourth-order valence-corrected chi connectivity index (χ4v) is 1.71. The van der Waals surface area contributed by atoms with Crippen LogP contribution in [0, 0.1) is 17.5 Å². The van der Waals surface area contributed by atoms with Crippen molar-refractivity contribution >= 4 is 0 Å². The highest BCUT2D eigenvalue weighted by Gasteiger charge is 2.11. The van der Waals surface area contributed by atoms with Gasteiger partial charge in [-0.15, -0.1) is 0 Å². The molecule has 0 saturated carbocycles. The quantitative estimate of drug-likeness (QED) is 0.925. The van der Waals surface area contributed by atoms with Gasteiger partial charge in [-0.2, -0.15) is 0 Å². The lowest BCUT2D eigenvalue weighted by molar-refractivity contribution is 0.198. The first-order chi connectivity index (χ1) is 9.49. The number of rotatable bonds is 4. The number of halogens is 3. The van der Waals surface area contributed by atoms with Crippen molar-refractivity contribution in [3.63, 3.8) is 0 Å². The summed E-state index contributed by atoms with van der Waals surface area (Å²) in [6.45, 7) is 1.23. The van der Waals surface area contributed by atoms with Gasteiger partial charge in [-0.25, -0.2) is 13.2 Å². The third-order valence-corrected chi connectivity index (χ3v) is 2.85. The Morgan fingerprint density at radius 2 is 1.85 bits per heavy atom. The summed E-state index contributed by atoms with van der Waals surface area (Å²) in [5, 5.41) is 9.32. The maximum absolute atomic E-state index is 13.7. The van der Waals surface area contributed by atoms with Crippen molar-refractivity contribution in [1.82, 2.24) is 0 Å². The monoisotopic (exact) mass is 282 g/mol. The second kappa shape index (κ2) is 5.96. The molecule has 0 spiro atoms. The first-order valence-electron chi connectivity index (χ1n) is 6.02. The molecule has 20 heavy (non-hydrogen) atoms. The minimum atomic E-state index is -1.01. The first-order valence-corrected chi connectivity index (χ1v) is 6.02. The highest BCUT2D eigenvalue weighted by atomic mass is 19.2. The van der Waals surface area contributed by atoms with Crippen molar-refractivity contribution in [3.8, 4) is 5.75 Å². The minimum Gasteiger partial charge on any atom is -0.486 e. The molecule has 5 heteroatoms. The van der Waals surface area contributed by atoms with Crippen molar-refractivity contribution < 1.29 is 23.0 Å². The van der Waals surface area contributed by atoms with Gasteiger partial charge in [0.2, 0.25) is 0 Å². The number of hydrogen-bond donors (Lipinski definition) is 1. The molecule has 0 bridgehead atoms. The Balaban J connectivity index is 2.13. The summed E-state index contributed by atoms with van der Waals surface area (Å²) in [7, 11) is 0. The van der Waals surface area contributed by atoms with Gasteiger partial charge < -0.3 is 9.84 Å². The van der Waals surface area contributed by atoms with Crippen LogP contribution in [0.1, 0.15) is 24.2 Å². The average molecular weight is 282 g/mol. The van der Waals surface area contributed by atoms with Crippen LogP contribution in [0.15, 0.2) is 36.4 Å². The van der Waals surface area contributed by atoms with Gasteiger partial charge in [-0.05, 0) is 30.7 Å². The summed E-state index contributed by atoms with van der Waals surface area (Å²) < 4.78 is 45.2. The highest BCUT2D eigenvalue weighted by molar-refractivity contribution is 5.30. The van der Waals surface area contributed by atoms with E-state index in [1.165, 1.54) is 31.2 Å². The van der Waals surface area contributed by atoms with E-state index in [9.17, 15) is 18.3 Å². The third kappa shape index (κ3) is 3.11. The Morgan fingerprint density at radius 1 is 1.10 bits per heavy atom. The van der Waals surface area contributed by atoms with Gasteiger partial charge in [-0.1, -0.05) is 18.2 Å². The van der Waals surface area contributed by atoms with Gasteiger partial charge in [0, 0.05) is 5.56 Å². The van der Waals surface area contributed by atoms with E-state index >= 15 is 0 Å². The fourth-order valence-electron chi connectivity index (χ4n) is 1.71. The van der Waals surface area contributed by atoms with Crippen molar-refractivity contribution in [2.75, 3.05) is 0 Å². The maximum atomic E-state index is 13.7. The van der Waals surface area contributed by atoms with Crippen LogP contribution in [-0.4, -0.2) is 5.11 Å². The van der Waals surface area contributed by atoms with Gasteiger partial charge in [0.05, 0.1) is 6.10 Å². The molecule has 2 rings (SSSR count). The smallest absolute Gasteiger partial charge is 0.165 e. The molecular formula is C15H13F3O2. The summed E-state index contributed by atoms with van der Waals surface area (Å²) in [4.78, 5) is 0. The Labute approximate surface area is 114 Å². The molecule has 1 atom stereocenters. The van der Waals surface area contributed by atoms with Crippen LogP contribution in [0.3, 0.4) is 0 Å². The van der Waals surface area contributed by atoms with Crippen molar-refractivity contribution in [2.24, 2.45) is 0 Å². The standard InChI is InChI=1S/C15H13F3O2/c1-9(19)10-5-6-14(13(17)7-10)20-8-11-3-2-4-12(16)15(11)18/h2-7,9,19H,8H2,1H3/t9-/m0/s1. The fraction of sp³-hybridized carbons (Fsp3) is 0.200. The zero-order chi connectivity index (χ0) is 14.7. The molecule has 0 unspecified atom stereocenters. The van der Waals surface area contributed by atoms with Crippen LogP contribution >= 0.6 is 0 Å². The SMILES string of the molecule is C[C@H](O)c1ccc(OCc2cccc(F)c2F)c(F)c1. The molecule has 0 aliphatic heterocycles. The molecule has 2 aromatic carbocycles. The average Bonchev–Trinajstić information content (AvgIpc) is 2.41. The van der Waals surface area contributed by atoms with Crippen LogP contribution < -0.4 is 4.74 Å². The Bertz CT molecular complexity index is 612. The summed E-state index contributed by atoms with van der Waals surface area (Å²) in [5.41, 5.74) is 0.413. The second-order valence-electron chi connectivity index (χ2n) is 4.37. The Hall–Kier alpha value is -2.01. The molecule has 0 aliphatic carbocycles. The largest absolute Gasteiger partial charge is 0.486 e. The predicted octanol–water partition coefficient (Wildman–Crippen LogP) is 3.74. The maximum Gasteiger partial charge on any atom is 0.165 e. The third-order valence-electron chi connectivity index (χ3n) is 2.85. The number of aliphatic hydroxyl groups is 1. The van der Waals surface area contributed by atoms with Crippen molar-refractivity contribution in [3.05, 3.63) is 65.0 Å². The van der Waals surface area contributed by atoms with Gasteiger partial charge in [0.15, 0.2) is 23.2 Å². The highest BCUT2D eigenvalue weighted by Crippen LogP contribution is 2.23. The van der Waals surface area contributed by atoms with Crippen LogP contribution in [0.5, 0.6) is 5.75 Å². The Kier molecular flexibility index (Phi) is 4.29. The van der Waals surface area contributed by atoms with Gasteiger partial charge in [-0.3, -0.25) is 0 Å². The van der Waals surface area contributed by atoms with E-state index in [0.717, 1.165) is 12.1 Å². The first kappa shape index (κ1) is 14.4. The summed E-state index contributed by atoms with van der Waals surface area (Å²) in [6, 6.07) is 7.70. The van der Waals surface area contributed by atoms with E-state index in [-0.39, 0.29) is 17.9 Å². The van der Waals surface area contributed by atoms with Crippen LogP contribution in [0.25, 0.3) is 0 Å². The zero-order valence-corrected chi connectivity index (χ0v) is 10.7. The molecule has 2 nitrogen and oxygen atoms in total.